The van der Waals surface area contributed by atoms with Gasteiger partial charge in [-0.1, -0.05) is 36.4 Å². The number of nitro groups is 1. The molecule has 0 aliphatic rings. The Hall–Kier alpha value is -2.44. The lowest BCUT2D eigenvalue weighted by atomic mass is 10.1. The molecule has 0 saturated carbocycles. The molecule has 0 amide bonds. The highest BCUT2D eigenvalue weighted by molar-refractivity contribution is 5.46. The van der Waals surface area contributed by atoms with Crippen LogP contribution in [0.5, 0.6) is 0 Å². The Bertz CT molecular complexity index is 662. The molecule has 6 heteroatoms. The van der Waals surface area contributed by atoms with E-state index in [9.17, 15) is 10.1 Å². The van der Waals surface area contributed by atoms with E-state index in [-0.39, 0.29) is 23.8 Å². The van der Waals surface area contributed by atoms with Gasteiger partial charge in [0.2, 0.25) is 0 Å². The number of rotatable bonds is 9. The first-order valence-electron chi connectivity index (χ1n) is 8.87. The molecule has 0 atom stereocenters. The molecule has 0 spiro atoms. The maximum atomic E-state index is 10.6. The number of benzene rings is 2. The van der Waals surface area contributed by atoms with Gasteiger partial charge in [0.1, 0.15) is 0 Å². The van der Waals surface area contributed by atoms with E-state index in [2.05, 4.69) is 0 Å². The zero-order chi connectivity index (χ0) is 19.2. The van der Waals surface area contributed by atoms with Crippen LogP contribution in [0.4, 0.5) is 11.4 Å². The van der Waals surface area contributed by atoms with Crippen LogP contribution in [0.3, 0.4) is 0 Å². The van der Waals surface area contributed by atoms with Gasteiger partial charge in [-0.05, 0) is 50.2 Å². The summed E-state index contributed by atoms with van der Waals surface area (Å²) in [6.45, 7) is 0.410. The van der Waals surface area contributed by atoms with Gasteiger partial charge in [-0.15, -0.1) is 0 Å². The number of hydrogen-bond acceptors (Lipinski definition) is 5. The fraction of sp³-hybridized carbons (Fsp3) is 0.400. The van der Waals surface area contributed by atoms with E-state index in [1.165, 1.54) is 11.6 Å². The fourth-order valence-corrected chi connectivity index (χ4v) is 2.52. The van der Waals surface area contributed by atoms with Crippen LogP contribution in [-0.2, 0) is 12.8 Å². The van der Waals surface area contributed by atoms with Crippen LogP contribution in [0.1, 0.15) is 36.8 Å². The second kappa shape index (κ2) is 12.9. The van der Waals surface area contributed by atoms with E-state index < -0.39 is 0 Å². The topological polar surface area (TPSA) is 110 Å². The highest BCUT2D eigenvalue weighted by atomic mass is 16.6. The molecule has 0 bridgehead atoms. The first-order valence-corrected chi connectivity index (χ1v) is 8.87. The summed E-state index contributed by atoms with van der Waals surface area (Å²) in [5, 5.41) is 27.8. The van der Waals surface area contributed by atoms with Crippen LogP contribution in [0.25, 0.3) is 0 Å². The summed E-state index contributed by atoms with van der Waals surface area (Å²) >= 11 is 0. The number of aliphatic hydroxyl groups is 2. The van der Waals surface area contributed by atoms with Crippen molar-refractivity contribution in [2.75, 3.05) is 18.9 Å². The highest BCUT2D eigenvalue weighted by Crippen LogP contribution is 2.19. The van der Waals surface area contributed by atoms with Gasteiger partial charge in [0.25, 0.3) is 5.69 Å². The molecule has 2 rings (SSSR count). The van der Waals surface area contributed by atoms with Gasteiger partial charge in [-0.3, -0.25) is 10.1 Å². The van der Waals surface area contributed by atoms with Gasteiger partial charge in [0.05, 0.1) is 4.92 Å². The number of nitro benzene ring substituents is 1. The van der Waals surface area contributed by atoms with Gasteiger partial charge in [-0.2, -0.15) is 0 Å². The number of aliphatic hydroxyl groups excluding tert-OH is 2. The zero-order valence-corrected chi connectivity index (χ0v) is 15.0. The lowest BCUT2D eigenvalue weighted by molar-refractivity contribution is -0.385. The molecular weight excluding hydrogens is 332 g/mol. The smallest absolute Gasteiger partial charge is 0.272 e. The van der Waals surface area contributed by atoms with Crippen LogP contribution in [0, 0.1) is 10.1 Å². The largest absolute Gasteiger partial charge is 0.399 e. The van der Waals surface area contributed by atoms with Gasteiger partial charge in [0, 0.05) is 30.5 Å². The van der Waals surface area contributed by atoms with Gasteiger partial charge in [-0.25, -0.2) is 0 Å². The Balaban J connectivity index is 0.000000263. The van der Waals surface area contributed by atoms with E-state index >= 15 is 0 Å². The molecule has 0 unspecified atom stereocenters. The number of anilines is 1. The van der Waals surface area contributed by atoms with Crippen molar-refractivity contribution in [3.8, 4) is 0 Å². The van der Waals surface area contributed by atoms with Crippen molar-refractivity contribution in [2.24, 2.45) is 0 Å². The monoisotopic (exact) mass is 360 g/mol. The van der Waals surface area contributed by atoms with Crippen LogP contribution in [0.2, 0.25) is 0 Å². The normalized spacial score (nSPS) is 10.1. The first kappa shape index (κ1) is 21.6. The van der Waals surface area contributed by atoms with Crippen molar-refractivity contribution in [1.82, 2.24) is 0 Å². The van der Waals surface area contributed by atoms with Crippen molar-refractivity contribution in [2.45, 2.75) is 38.5 Å². The summed E-state index contributed by atoms with van der Waals surface area (Å²) in [6, 6.07) is 14.6. The summed E-state index contributed by atoms with van der Waals surface area (Å²) in [5.41, 5.74) is 8.70. The molecule has 0 aliphatic carbocycles. The highest BCUT2D eigenvalue weighted by Gasteiger charge is 2.10. The Kier molecular flexibility index (Phi) is 10.7. The molecule has 0 heterocycles. The first-order chi connectivity index (χ1) is 12.6. The molecule has 26 heavy (non-hydrogen) atoms. The second-order valence-electron chi connectivity index (χ2n) is 5.95. The lowest BCUT2D eigenvalue weighted by Gasteiger charge is -2.03. The number of hydrogen-bond donors (Lipinski definition) is 3. The van der Waals surface area contributed by atoms with Crippen molar-refractivity contribution in [3.05, 3.63) is 69.8 Å². The Labute approximate surface area is 154 Å². The van der Waals surface area contributed by atoms with E-state index in [0.717, 1.165) is 36.9 Å². The van der Waals surface area contributed by atoms with Crippen LogP contribution in [0.15, 0.2) is 48.5 Å². The van der Waals surface area contributed by atoms with E-state index in [0.29, 0.717) is 12.8 Å². The van der Waals surface area contributed by atoms with Crippen molar-refractivity contribution < 1.29 is 15.1 Å². The van der Waals surface area contributed by atoms with Gasteiger partial charge < -0.3 is 15.9 Å². The standard InChI is InChI=1S/C10H13NO3.C10H15NO/c12-8-4-3-6-9-5-1-2-7-10(9)11(13)14;11-10-7-2-1-5-9(10)6-3-4-8-12/h1-2,5,7,12H,3-4,6,8H2;1-2,5,7,12H,3-4,6,8,11H2. The molecule has 0 radical (unpaired) electrons. The number of unbranched alkanes of at least 4 members (excludes halogenated alkanes) is 2. The minimum Gasteiger partial charge on any atom is -0.399 e. The third-order valence-corrected chi connectivity index (χ3v) is 3.95. The number of nitrogens with two attached hydrogens (primary N) is 1. The molecular formula is C20H28N2O4. The molecule has 2 aromatic carbocycles. The fourth-order valence-electron chi connectivity index (χ4n) is 2.52. The average Bonchev–Trinajstić information content (AvgIpc) is 2.64. The minimum absolute atomic E-state index is 0.140. The summed E-state index contributed by atoms with van der Waals surface area (Å²) in [4.78, 5) is 10.2. The van der Waals surface area contributed by atoms with Crippen molar-refractivity contribution in [1.29, 1.82) is 0 Å². The number of aryl methyl sites for hydroxylation is 2. The molecule has 2 aromatic rings. The molecule has 0 saturated heterocycles. The molecule has 4 N–H and O–H groups in total. The van der Waals surface area contributed by atoms with Crippen LogP contribution >= 0.6 is 0 Å². The molecule has 6 nitrogen and oxygen atoms in total. The maximum absolute atomic E-state index is 10.6. The van der Waals surface area contributed by atoms with Crippen molar-refractivity contribution >= 4 is 11.4 Å². The average molecular weight is 360 g/mol. The number of nitrogens with zero attached hydrogens (tertiary/aromatic N) is 1. The molecule has 0 aromatic heterocycles. The molecule has 0 fully saturated rings. The summed E-state index contributed by atoms with van der Waals surface area (Å²) in [7, 11) is 0. The SMILES string of the molecule is Nc1ccccc1CCCCO.O=[N+]([O-])c1ccccc1CCCCO. The summed E-state index contributed by atoms with van der Waals surface area (Å²) < 4.78 is 0. The Morgan fingerprint density at radius 1 is 0.808 bits per heavy atom. The lowest BCUT2D eigenvalue weighted by Crippen LogP contribution is -1.96. The summed E-state index contributed by atoms with van der Waals surface area (Å²) in [6.07, 6.45) is 4.94. The molecule has 142 valence electrons. The van der Waals surface area contributed by atoms with Gasteiger partial charge in [0.15, 0.2) is 0 Å². The summed E-state index contributed by atoms with van der Waals surface area (Å²) in [5.74, 6) is 0. The van der Waals surface area contributed by atoms with Crippen LogP contribution < -0.4 is 5.73 Å². The van der Waals surface area contributed by atoms with Crippen molar-refractivity contribution in [3.63, 3.8) is 0 Å². The van der Waals surface area contributed by atoms with E-state index in [1.54, 1.807) is 18.2 Å². The zero-order valence-electron chi connectivity index (χ0n) is 15.0. The third kappa shape index (κ3) is 8.09. The predicted molar refractivity (Wildman–Crippen MR) is 104 cm³/mol. The second-order valence-corrected chi connectivity index (χ2v) is 5.95. The maximum Gasteiger partial charge on any atom is 0.272 e. The Morgan fingerprint density at radius 3 is 1.85 bits per heavy atom. The predicted octanol–water partition coefficient (Wildman–Crippen LogP) is 3.49. The minimum atomic E-state index is -0.367. The number of nitrogen functional groups attached to an aromatic ring is 1. The van der Waals surface area contributed by atoms with E-state index in [1.807, 2.05) is 24.3 Å². The van der Waals surface area contributed by atoms with Crippen LogP contribution in [-0.4, -0.2) is 28.4 Å². The van der Waals surface area contributed by atoms with Gasteiger partial charge >= 0.3 is 0 Å². The Morgan fingerprint density at radius 2 is 1.31 bits per heavy atom. The number of para-hydroxylation sites is 2. The quantitative estimate of drug-likeness (QED) is 0.274. The third-order valence-electron chi connectivity index (χ3n) is 3.95. The van der Waals surface area contributed by atoms with E-state index in [4.69, 9.17) is 15.9 Å². The molecule has 0 aliphatic heterocycles.